The van der Waals surface area contributed by atoms with E-state index in [1.807, 2.05) is 6.07 Å². The molecule has 0 radical (unpaired) electrons. The van der Waals surface area contributed by atoms with Crippen molar-refractivity contribution in [3.63, 3.8) is 0 Å². The van der Waals surface area contributed by atoms with Gasteiger partial charge in [-0.05, 0) is 56.8 Å². The number of amides is 1. The van der Waals surface area contributed by atoms with E-state index in [0.717, 1.165) is 37.6 Å². The summed E-state index contributed by atoms with van der Waals surface area (Å²) in [7, 11) is 2.24. The van der Waals surface area contributed by atoms with Gasteiger partial charge in [0.05, 0.1) is 6.61 Å². The first-order valence-electron chi connectivity index (χ1n) is 10.5. The average molecular weight is 375 g/mol. The highest BCUT2D eigenvalue weighted by atomic mass is 16.5. The SMILES string of the molecule is CN(Cc1cccc(OCCCNC(=O)C2CCCO2)c1)C1CCCCC1. The van der Waals surface area contributed by atoms with Gasteiger partial charge in [-0.15, -0.1) is 0 Å². The van der Waals surface area contributed by atoms with Gasteiger partial charge in [-0.3, -0.25) is 9.69 Å². The third-order valence-corrected chi connectivity index (χ3v) is 5.64. The molecule has 1 amide bonds. The number of nitrogens with zero attached hydrogens (tertiary/aromatic N) is 1. The minimum absolute atomic E-state index is 0.0141. The summed E-state index contributed by atoms with van der Waals surface area (Å²) in [4.78, 5) is 14.4. The van der Waals surface area contributed by atoms with Crippen LogP contribution >= 0.6 is 0 Å². The van der Waals surface area contributed by atoms with Crippen molar-refractivity contribution < 1.29 is 14.3 Å². The molecule has 2 fully saturated rings. The summed E-state index contributed by atoms with van der Waals surface area (Å²) < 4.78 is 11.3. The van der Waals surface area contributed by atoms with Crippen LogP contribution in [0.2, 0.25) is 0 Å². The molecule has 1 aromatic rings. The Morgan fingerprint density at radius 2 is 2.07 bits per heavy atom. The fourth-order valence-electron chi connectivity index (χ4n) is 4.04. The standard InChI is InChI=1S/C22H34N2O3/c1-24(19-9-3-2-4-10-19)17-18-8-5-11-20(16-18)26-15-7-13-23-22(25)21-12-6-14-27-21/h5,8,11,16,19,21H,2-4,6-7,9-10,12-15,17H2,1H3,(H,23,25). The Morgan fingerprint density at radius 1 is 1.22 bits per heavy atom. The van der Waals surface area contributed by atoms with Crippen LogP contribution in [0.25, 0.3) is 0 Å². The molecule has 1 aromatic carbocycles. The van der Waals surface area contributed by atoms with E-state index in [-0.39, 0.29) is 12.0 Å². The van der Waals surface area contributed by atoms with Crippen molar-refractivity contribution >= 4 is 5.91 Å². The van der Waals surface area contributed by atoms with Gasteiger partial charge in [-0.25, -0.2) is 0 Å². The van der Waals surface area contributed by atoms with Crippen LogP contribution in [-0.2, 0) is 16.1 Å². The summed E-state index contributed by atoms with van der Waals surface area (Å²) in [6, 6.07) is 9.11. The van der Waals surface area contributed by atoms with Gasteiger partial charge in [-0.1, -0.05) is 31.4 Å². The third-order valence-electron chi connectivity index (χ3n) is 5.64. The molecule has 1 aliphatic carbocycles. The Labute approximate surface area is 163 Å². The van der Waals surface area contributed by atoms with Gasteiger partial charge in [-0.2, -0.15) is 0 Å². The van der Waals surface area contributed by atoms with Crippen molar-refractivity contribution in [3.8, 4) is 5.75 Å². The summed E-state index contributed by atoms with van der Waals surface area (Å²) in [5.41, 5.74) is 1.30. The molecule has 1 aliphatic heterocycles. The summed E-state index contributed by atoms with van der Waals surface area (Å²) in [6.07, 6.45) is 9.13. The fourth-order valence-corrected chi connectivity index (χ4v) is 4.04. The van der Waals surface area contributed by atoms with Crippen LogP contribution in [0.15, 0.2) is 24.3 Å². The van der Waals surface area contributed by atoms with Crippen LogP contribution < -0.4 is 10.1 Å². The molecular formula is C22H34N2O3. The molecule has 1 heterocycles. The van der Waals surface area contributed by atoms with E-state index in [0.29, 0.717) is 19.8 Å². The second-order valence-corrected chi connectivity index (χ2v) is 7.85. The zero-order valence-corrected chi connectivity index (χ0v) is 16.6. The molecule has 0 aromatic heterocycles. The van der Waals surface area contributed by atoms with Crippen LogP contribution in [0.5, 0.6) is 5.75 Å². The van der Waals surface area contributed by atoms with E-state index in [4.69, 9.17) is 9.47 Å². The predicted octanol–water partition coefficient (Wildman–Crippen LogP) is 3.52. The van der Waals surface area contributed by atoms with E-state index in [1.165, 1.54) is 37.7 Å². The zero-order chi connectivity index (χ0) is 18.9. The monoisotopic (exact) mass is 374 g/mol. The number of hydrogen-bond acceptors (Lipinski definition) is 4. The second-order valence-electron chi connectivity index (χ2n) is 7.85. The number of rotatable bonds is 9. The van der Waals surface area contributed by atoms with Crippen molar-refractivity contribution in [3.05, 3.63) is 29.8 Å². The van der Waals surface area contributed by atoms with Gasteiger partial charge in [0.25, 0.3) is 0 Å². The maximum atomic E-state index is 11.9. The Hall–Kier alpha value is -1.59. The summed E-state index contributed by atoms with van der Waals surface area (Å²) in [5.74, 6) is 0.926. The summed E-state index contributed by atoms with van der Waals surface area (Å²) >= 11 is 0. The molecule has 1 atom stereocenters. The lowest BCUT2D eigenvalue weighted by molar-refractivity contribution is -0.130. The normalized spacial score (nSPS) is 20.7. The Balaban J connectivity index is 1.35. The third kappa shape index (κ3) is 6.51. The van der Waals surface area contributed by atoms with E-state index < -0.39 is 0 Å². The van der Waals surface area contributed by atoms with Crippen molar-refractivity contribution in [2.24, 2.45) is 0 Å². The van der Waals surface area contributed by atoms with Crippen molar-refractivity contribution in [2.75, 3.05) is 26.8 Å². The van der Waals surface area contributed by atoms with E-state index in [1.54, 1.807) is 0 Å². The molecule has 1 unspecified atom stereocenters. The zero-order valence-electron chi connectivity index (χ0n) is 16.6. The van der Waals surface area contributed by atoms with E-state index >= 15 is 0 Å². The summed E-state index contributed by atoms with van der Waals surface area (Å²) in [5, 5.41) is 2.93. The molecule has 1 saturated heterocycles. The first-order valence-corrected chi connectivity index (χ1v) is 10.5. The topological polar surface area (TPSA) is 50.8 Å². The highest BCUT2D eigenvalue weighted by molar-refractivity contribution is 5.80. The van der Waals surface area contributed by atoms with Crippen LogP contribution in [0.3, 0.4) is 0 Å². The van der Waals surface area contributed by atoms with Gasteiger partial charge in [0.1, 0.15) is 11.9 Å². The van der Waals surface area contributed by atoms with E-state index in [2.05, 4.69) is 35.5 Å². The molecule has 1 N–H and O–H groups in total. The van der Waals surface area contributed by atoms with E-state index in [9.17, 15) is 4.79 Å². The van der Waals surface area contributed by atoms with Gasteiger partial charge in [0, 0.05) is 25.7 Å². The lowest BCUT2D eigenvalue weighted by atomic mass is 9.94. The first kappa shape index (κ1) is 20.2. The number of ether oxygens (including phenoxy) is 2. The smallest absolute Gasteiger partial charge is 0.249 e. The van der Waals surface area contributed by atoms with Gasteiger partial charge < -0.3 is 14.8 Å². The van der Waals surface area contributed by atoms with Crippen LogP contribution in [0, 0.1) is 0 Å². The van der Waals surface area contributed by atoms with Crippen molar-refractivity contribution in [1.82, 2.24) is 10.2 Å². The largest absolute Gasteiger partial charge is 0.494 e. The van der Waals surface area contributed by atoms with Gasteiger partial charge >= 0.3 is 0 Å². The fraction of sp³-hybridized carbons (Fsp3) is 0.682. The Kier molecular flexibility index (Phi) is 7.96. The molecular weight excluding hydrogens is 340 g/mol. The second kappa shape index (κ2) is 10.7. The lowest BCUT2D eigenvalue weighted by Crippen LogP contribution is -2.35. The Bertz CT molecular complexity index is 581. The first-order chi connectivity index (χ1) is 13.2. The quantitative estimate of drug-likeness (QED) is 0.672. The molecule has 0 bridgehead atoms. The molecule has 0 spiro atoms. The number of carbonyl (C=O) groups is 1. The maximum Gasteiger partial charge on any atom is 0.249 e. The van der Waals surface area contributed by atoms with Crippen LogP contribution in [0.4, 0.5) is 0 Å². The number of hydrogen-bond donors (Lipinski definition) is 1. The molecule has 1 saturated carbocycles. The number of benzene rings is 1. The van der Waals surface area contributed by atoms with Gasteiger partial charge in [0.15, 0.2) is 0 Å². The Morgan fingerprint density at radius 3 is 2.85 bits per heavy atom. The van der Waals surface area contributed by atoms with Crippen LogP contribution in [0.1, 0.15) is 56.9 Å². The molecule has 3 rings (SSSR count). The predicted molar refractivity (Wildman–Crippen MR) is 107 cm³/mol. The number of nitrogens with one attached hydrogen (secondary N) is 1. The molecule has 5 nitrogen and oxygen atoms in total. The average Bonchev–Trinajstić information content (AvgIpc) is 3.23. The molecule has 2 aliphatic rings. The molecule has 5 heteroatoms. The van der Waals surface area contributed by atoms with Crippen molar-refractivity contribution in [2.45, 2.75) is 70.1 Å². The lowest BCUT2D eigenvalue weighted by Gasteiger charge is -2.31. The molecule has 27 heavy (non-hydrogen) atoms. The highest BCUT2D eigenvalue weighted by Crippen LogP contribution is 2.23. The molecule has 150 valence electrons. The number of carbonyl (C=O) groups excluding carboxylic acids is 1. The van der Waals surface area contributed by atoms with Gasteiger partial charge in [0.2, 0.25) is 5.91 Å². The maximum absolute atomic E-state index is 11.9. The highest BCUT2D eigenvalue weighted by Gasteiger charge is 2.22. The summed E-state index contributed by atoms with van der Waals surface area (Å²) in [6.45, 7) is 2.91. The van der Waals surface area contributed by atoms with Crippen LogP contribution in [-0.4, -0.2) is 49.8 Å². The minimum Gasteiger partial charge on any atom is -0.494 e. The minimum atomic E-state index is -0.247. The van der Waals surface area contributed by atoms with Crippen molar-refractivity contribution in [1.29, 1.82) is 0 Å².